The van der Waals surface area contributed by atoms with Crippen LogP contribution in [0.4, 0.5) is 5.69 Å². The number of hydrogen-bond acceptors (Lipinski definition) is 4. The third-order valence-corrected chi connectivity index (χ3v) is 2.91. The summed E-state index contributed by atoms with van der Waals surface area (Å²) >= 11 is 0. The lowest BCUT2D eigenvalue weighted by atomic mass is 10.2. The van der Waals surface area contributed by atoms with Crippen molar-refractivity contribution in [3.63, 3.8) is 0 Å². The van der Waals surface area contributed by atoms with Crippen molar-refractivity contribution in [2.75, 3.05) is 0 Å². The molecule has 98 valence electrons. The molecule has 0 spiro atoms. The van der Waals surface area contributed by atoms with Crippen LogP contribution >= 0.6 is 0 Å². The Morgan fingerprint density at radius 2 is 1.80 bits per heavy atom. The summed E-state index contributed by atoms with van der Waals surface area (Å²) in [4.78, 5) is 16.3. The minimum atomic E-state index is -0.186. The summed E-state index contributed by atoms with van der Waals surface area (Å²) in [5.74, 6) is -0.186. The standard InChI is InChI=1S/C16H11NO3/c18-14-7-3-2-6-13(14)17-9-11-10-20-15-8-4-1-5-12(15)16(11)19/h1-10,18H/p-1. The Morgan fingerprint density at radius 1 is 1.05 bits per heavy atom. The smallest absolute Gasteiger partial charge is 0.201 e. The molecule has 0 amide bonds. The van der Waals surface area contributed by atoms with Gasteiger partial charge in [0.05, 0.1) is 16.6 Å². The van der Waals surface area contributed by atoms with Gasteiger partial charge in [-0.25, -0.2) is 0 Å². The Hall–Kier alpha value is -2.88. The van der Waals surface area contributed by atoms with E-state index in [4.69, 9.17) is 4.42 Å². The van der Waals surface area contributed by atoms with Gasteiger partial charge in [-0.2, -0.15) is 0 Å². The number of hydrogen-bond donors (Lipinski definition) is 0. The first kappa shape index (κ1) is 12.2. The van der Waals surface area contributed by atoms with Crippen molar-refractivity contribution in [3.8, 4) is 5.75 Å². The van der Waals surface area contributed by atoms with Crippen LogP contribution in [-0.4, -0.2) is 6.21 Å². The average Bonchev–Trinajstić information content (AvgIpc) is 2.48. The van der Waals surface area contributed by atoms with Crippen molar-refractivity contribution < 1.29 is 9.52 Å². The van der Waals surface area contributed by atoms with Gasteiger partial charge in [0.1, 0.15) is 11.8 Å². The Labute approximate surface area is 114 Å². The average molecular weight is 264 g/mol. The lowest BCUT2D eigenvalue weighted by Crippen LogP contribution is -2.07. The molecule has 0 bridgehead atoms. The minimum absolute atomic E-state index is 0.168. The molecule has 0 aliphatic carbocycles. The highest BCUT2D eigenvalue weighted by molar-refractivity contribution is 5.87. The van der Waals surface area contributed by atoms with Gasteiger partial charge in [-0.15, -0.1) is 0 Å². The lowest BCUT2D eigenvalue weighted by molar-refractivity contribution is -0.267. The van der Waals surface area contributed by atoms with E-state index in [0.717, 1.165) is 0 Å². The van der Waals surface area contributed by atoms with Crippen molar-refractivity contribution in [1.29, 1.82) is 0 Å². The Balaban J connectivity index is 2.06. The summed E-state index contributed by atoms with van der Waals surface area (Å²) in [5, 5.41) is 12.0. The molecule has 1 aromatic heterocycles. The van der Waals surface area contributed by atoms with Crippen molar-refractivity contribution in [3.05, 3.63) is 70.6 Å². The van der Waals surface area contributed by atoms with Crippen LogP contribution in [0.1, 0.15) is 5.56 Å². The van der Waals surface area contributed by atoms with E-state index in [1.807, 2.05) is 0 Å². The molecule has 3 rings (SSSR count). The normalized spacial score (nSPS) is 11.2. The third kappa shape index (κ3) is 2.19. The quantitative estimate of drug-likeness (QED) is 0.668. The van der Waals surface area contributed by atoms with Crippen molar-refractivity contribution in [2.45, 2.75) is 0 Å². The monoisotopic (exact) mass is 264 g/mol. The number of para-hydroxylation sites is 3. The molecule has 1 heterocycles. The largest absolute Gasteiger partial charge is 0.871 e. The molecule has 0 fully saturated rings. The van der Waals surface area contributed by atoms with Crippen LogP contribution in [0.3, 0.4) is 0 Å². The molecule has 3 aromatic rings. The number of rotatable bonds is 2. The second-order valence-electron chi connectivity index (χ2n) is 4.24. The molecular weight excluding hydrogens is 254 g/mol. The topological polar surface area (TPSA) is 65.6 Å². The number of benzene rings is 2. The third-order valence-electron chi connectivity index (χ3n) is 2.91. The van der Waals surface area contributed by atoms with E-state index < -0.39 is 0 Å². The molecule has 0 aliphatic heterocycles. The van der Waals surface area contributed by atoms with E-state index in [1.54, 1.807) is 42.5 Å². The van der Waals surface area contributed by atoms with Gasteiger partial charge in [0.25, 0.3) is 0 Å². The SMILES string of the molecule is O=c1c(C=Nc2ccccc2[O-])coc2ccccc12. The second-order valence-corrected chi connectivity index (χ2v) is 4.24. The van der Waals surface area contributed by atoms with Crippen molar-refractivity contribution in [2.24, 2.45) is 4.99 Å². The fourth-order valence-electron chi connectivity index (χ4n) is 1.88. The molecule has 4 nitrogen and oxygen atoms in total. The Bertz CT molecular complexity index is 849. The molecule has 0 N–H and O–H groups in total. The van der Waals surface area contributed by atoms with E-state index in [1.165, 1.54) is 18.5 Å². The molecule has 2 aromatic carbocycles. The molecular formula is C16H10NO3-. The van der Waals surface area contributed by atoms with Crippen LogP contribution in [0.25, 0.3) is 11.0 Å². The summed E-state index contributed by atoms with van der Waals surface area (Å²) in [7, 11) is 0. The Kier molecular flexibility index (Phi) is 3.05. The molecule has 0 saturated carbocycles. The van der Waals surface area contributed by atoms with Gasteiger partial charge in [0.15, 0.2) is 0 Å². The van der Waals surface area contributed by atoms with Crippen molar-refractivity contribution in [1.82, 2.24) is 0 Å². The van der Waals surface area contributed by atoms with E-state index in [9.17, 15) is 9.90 Å². The van der Waals surface area contributed by atoms with Gasteiger partial charge in [-0.05, 0) is 18.2 Å². The fourth-order valence-corrected chi connectivity index (χ4v) is 1.88. The predicted octanol–water partition coefficient (Wildman–Crippen LogP) is 2.62. The fraction of sp³-hybridized carbons (Fsp3) is 0. The molecule has 20 heavy (non-hydrogen) atoms. The first-order chi connectivity index (χ1) is 9.75. The molecule has 0 aliphatic rings. The summed E-state index contributed by atoms with van der Waals surface area (Å²) in [6.07, 6.45) is 2.70. The lowest BCUT2D eigenvalue weighted by Gasteiger charge is -2.07. The first-order valence-corrected chi connectivity index (χ1v) is 6.06. The summed E-state index contributed by atoms with van der Waals surface area (Å²) in [6, 6.07) is 13.4. The number of nitrogens with zero attached hydrogens (tertiary/aromatic N) is 1. The highest BCUT2D eigenvalue weighted by Crippen LogP contribution is 2.21. The first-order valence-electron chi connectivity index (χ1n) is 6.06. The predicted molar refractivity (Wildman–Crippen MR) is 75.6 cm³/mol. The number of aliphatic imine (C=N–C) groups is 1. The Morgan fingerprint density at radius 3 is 2.65 bits per heavy atom. The van der Waals surface area contributed by atoms with Crippen LogP contribution in [0.2, 0.25) is 0 Å². The molecule has 0 unspecified atom stereocenters. The van der Waals surface area contributed by atoms with Crippen molar-refractivity contribution >= 4 is 22.9 Å². The van der Waals surface area contributed by atoms with Gasteiger partial charge in [0, 0.05) is 6.21 Å². The van der Waals surface area contributed by atoms with Crippen LogP contribution < -0.4 is 10.5 Å². The van der Waals surface area contributed by atoms with Gasteiger partial charge in [-0.1, -0.05) is 36.1 Å². The maximum Gasteiger partial charge on any atom is 0.201 e. The minimum Gasteiger partial charge on any atom is -0.871 e. The highest BCUT2D eigenvalue weighted by Gasteiger charge is 2.04. The zero-order chi connectivity index (χ0) is 13.9. The van der Waals surface area contributed by atoms with Gasteiger partial charge in [-0.3, -0.25) is 9.79 Å². The molecule has 0 atom stereocenters. The summed E-state index contributed by atoms with van der Waals surface area (Å²) in [6.45, 7) is 0. The van der Waals surface area contributed by atoms with Crippen LogP contribution in [-0.2, 0) is 0 Å². The second kappa shape index (κ2) is 5.01. The molecule has 4 heteroatoms. The van der Waals surface area contributed by atoms with Gasteiger partial charge in [0.2, 0.25) is 5.43 Å². The van der Waals surface area contributed by atoms with E-state index >= 15 is 0 Å². The maximum atomic E-state index is 12.2. The van der Waals surface area contributed by atoms with E-state index in [0.29, 0.717) is 22.2 Å². The summed E-state index contributed by atoms with van der Waals surface area (Å²) in [5.41, 5.74) is 0.963. The van der Waals surface area contributed by atoms with Crippen LogP contribution in [0.15, 0.2) is 69.0 Å². The zero-order valence-corrected chi connectivity index (χ0v) is 10.4. The van der Waals surface area contributed by atoms with Crippen LogP contribution in [0.5, 0.6) is 5.75 Å². The van der Waals surface area contributed by atoms with E-state index in [-0.39, 0.29) is 11.2 Å². The number of fused-ring (bicyclic) bond motifs is 1. The molecule has 0 radical (unpaired) electrons. The molecule has 0 saturated heterocycles. The zero-order valence-electron chi connectivity index (χ0n) is 10.4. The van der Waals surface area contributed by atoms with Gasteiger partial charge < -0.3 is 9.52 Å². The van der Waals surface area contributed by atoms with Crippen LogP contribution in [0, 0.1) is 0 Å². The maximum absolute atomic E-state index is 12.2. The van der Waals surface area contributed by atoms with E-state index in [2.05, 4.69) is 4.99 Å². The highest BCUT2D eigenvalue weighted by atomic mass is 16.3. The summed E-state index contributed by atoms with van der Waals surface area (Å²) < 4.78 is 5.37. The van der Waals surface area contributed by atoms with Gasteiger partial charge >= 0.3 is 0 Å².